The first kappa shape index (κ1) is 12.3. The van der Waals surface area contributed by atoms with Crippen LogP contribution in [0.3, 0.4) is 0 Å². The third kappa shape index (κ3) is 4.08. The Kier molecular flexibility index (Phi) is 4.88. The van der Waals surface area contributed by atoms with Gasteiger partial charge in [0.1, 0.15) is 5.88 Å². The van der Waals surface area contributed by atoms with Gasteiger partial charge in [0.15, 0.2) is 0 Å². The standard InChI is InChI=1S/C10H17ClN2O2/c1-8(14)12-7-9-2-4-13(5-3-9)10(15)6-11/h9H,2-7H2,1H3,(H,12,14). The van der Waals surface area contributed by atoms with Gasteiger partial charge in [-0.15, -0.1) is 11.6 Å². The summed E-state index contributed by atoms with van der Waals surface area (Å²) in [4.78, 5) is 23.8. The number of alkyl halides is 1. The molecule has 0 atom stereocenters. The van der Waals surface area contributed by atoms with Crippen LogP contribution in [-0.4, -0.2) is 42.2 Å². The first-order valence-electron chi connectivity index (χ1n) is 5.21. The van der Waals surface area contributed by atoms with Gasteiger partial charge in [-0.3, -0.25) is 9.59 Å². The van der Waals surface area contributed by atoms with Gasteiger partial charge in [-0.1, -0.05) is 0 Å². The number of piperidine rings is 1. The van der Waals surface area contributed by atoms with E-state index in [4.69, 9.17) is 11.6 Å². The predicted molar refractivity (Wildman–Crippen MR) is 58.7 cm³/mol. The highest BCUT2D eigenvalue weighted by Gasteiger charge is 2.21. The van der Waals surface area contributed by atoms with E-state index in [2.05, 4.69) is 5.32 Å². The molecular weight excluding hydrogens is 216 g/mol. The van der Waals surface area contributed by atoms with Crippen molar-refractivity contribution in [1.29, 1.82) is 0 Å². The Labute approximate surface area is 95.0 Å². The number of nitrogens with one attached hydrogen (secondary N) is 1. The Morgan fingerprint density at radius 3 is 2.47 bits per heavy atom. The van der Waals surface area contributed by atoms with Crippen molar-refractivity contribution in [1.82, 2.24) is 10.2 Å². The third-order valence-electron chi connectivity index (χ3n) is 2.72. The van der Waals surface area contributed by atoms with Crippen LogP contribution in [0.1, 0.15) is 19.8 Å². The van der Waals surface area contributed by atoms with Crippen LogP contribution in [0.2, 0.25) is 0 Å². The second-order valence-electron chi connectivity index (χ2n) is 3.89. The third-order valence-corrected chi connectivity index (χ3v) is 2.95. The number of likely N-dealkylation sites (tertiary alicyclic amines) is 1. The molecule has 1 rings (SSSR count). The maximum absolute atomic E-state index is 11.3. The van der Waals surface area contributed by atoms with Crippen LogP contribution in [0.25, 0.3) is 0 Å². The van der Waals surface area contributed by atoms with E-state index < -0.39 is 0 Å². The van der Waals surface area contributed by atoms with Gasteiger partial charge in [0.25, 0.3) is 0 Å². The van der Waals surface area contributed by atoms with Crippen LogP contribution in [0.15, 0.2) is 0 Å². The van der Waals surface area contributed by atoms with Gasteiger partial charge in [0.05, 0.1) is 0 Å². The molecule has 0 aromatic heterocycles. The van der Waals surface area contributed by atoms with Gasteiger partial charge in [0.2, 0.25) is 11.8 Å². The zero-order chi connectivity index (χ0) is 11.3. The number of hydrogen-bond acceptors (Lipinski definition) is 2. The first-order chi connectivity index (χ1) is 7.13. The zero-order valence-corrected chi connectivity index (χ0v) is 9.72. The van der Waals surface area contributed by atoms with E-state index >= 15 is 0 Å². The first-order valence-corrected chi connectivity index (χ1v) is 5.75. The largest absolute Gasteiger partial charge is 0.356 e. The molecule has 15 heavy (non-hydrogen) atoms. The quantitative estimate of drug-likeness (QED) is 0.725. The number of carbonyl (C=O) groups is 2. The number of halogens is 1. The summed E-state index contributed by atoms with van der Waals surface area (Å²) in [5.74, 6) is 0.577. The minimum absolute atomic E-state index is 0.00858. The maximum Gasteiger partial charge on any atom is 0.237 e. The molecule has 2 amide bonds. The summed E-state index contributed by atoms with van der Waals surface area (Å²) in [5, 5.41) is 2.80. The molecule has 1 heterocycles. The van der Waals surface area contributed by atoms with E-state index in [1.807, 2.05) is 0 Å². The van der Waals surface area contributed by atoms with E-state index in [9.17, 15) is 9.59 Å². The lowest BCUT2D eigenvalue weighted by Crippen LogP contribution is -2.41. The zero-order valence-electron chi connectivity index (χ0n) is 8.96. The number of hydrogen-bond donors (Lipinski definition) is 1. The Morgan fingerprint density at radius 2 is 2.00 bits per heavy atom. The highest BCUT2D eigenvalue weighted by atomic mass is 35.5. The van der Waals surface area contributed by atoms with E-state index in [1.165, 1.54) is 6.92 Å². The second-order valence-corrected chi connectivity index (χ2v) is 4.16. The minimum atomic E-state index is 0.00858. The smallest absolute Gasteiger partial charge is 0.237 e. The summed E-state index contributed by atoms with van der Waals surface area (Å²) in [7, 11) is 0. The minimum Gasteiger partial charge on any atom is -0.356 e. The van der Waals surface area contributed by atoms with Crippen molar-refractivity contribution >= 4 is 23.4 Å². The van der Waals surface area contributed by atoms with Gasteiger partial charge in [-0.25, -0.2) is 0 Å². The molecule has 0 aromatic carbocycles. The number of carbonyl (C=O) groups excluding carboxylic acids is 2. The lowest BCUT2D eigenvalue weighted by molar-refractivity contribution is -0.130. The number of amides is 2. The molecule has 0 unspecified atom stereocenters. The van der Waals surface area contributed by atoms with Gasteiger partial charge in [-0.2, -0.15) is 0 Å². The molecule has 1 saturated heterocycles. The Balaban J connectivity index is 2.23. The summed E-state index contributed by atoms with van der Waals surface area (Å²) < 4.78 is 0. The van der Waals surface area contributed by atoms with Gasteiger partial charge in [0, 0.05) is 26.6 Å². The van der Waals surface area contributed by atoms with Crippen molar-refractivity contribution in [3.63, 3.8) is 0 Å². The summed E-state index contributed by atoms with van der Waals surface area (Å²) in [6, 6.07) is 0. The summed E-state index contributed by atoms with van der Waals surface area (Å²) in [5.41, 5.74) is 0. The van der Waals surface area contributed by atoms with Crippen LogP contribution >= 0.6 is 11.6 Å². The number of rotatable bonds is 3. The monoisotopic (exact) mass is 232 g/mol. The molecule has 4 nitrogen and oxygen atoms in total. The topological polar surface area (TPSA) is 49.4 Å². The lowest BCUT2D eigenvalue weighted by atomic mass is 9.97. The maximum atomic E-state index is 11.3. The van der Waals surface area contributed by atoms with Gasteiger partial charge >= 0.3 is 0 Å². The fraction of sp³-hybridized carbons (Fsp3) is 0.800. The molecule has 1 fully saturated rings. The molecule has 1 aliphatic heterocycles. The van der Waals surface area contributed by atoms with Crippen LogP contribution < -0.4 is 5.32 Å². The van der Waals surface area contributed by atoms with Crippen molar-refractivity contribution < 1.29 is 9.59 Å². The normalized spacial score (nSPS) is 17.6. The molecule has 0 saturated carbocycles. The molecule has 0 radical (unpaired) electrons. The molecular formula is C10H17ClN2O2. The Hall–Kier alpha value is -0.770. The van der Waals surface area contributed by atoms with Crippen LogP contribution in [0.4, 0.5) is 0 Å². The molecule has 0 aliphatic carbocycles. The van der Waals surface area contributed by atoms with Crippen LogP contribution in [-0.2, 0) is 9.59 Å². The fourth-order valence-corrected chi connectivity index (χ4v) is 1.93. The SMILES string of the molecule is CC(=O)NCC1CCN(C(=O)CCl)CC1. The van der Waals surface area contributed by atoms with Crippen LogP contribution in [0, 0.1) is 5.92 Å². The number of nitrogens with zero attached hydrogens (tertiary/aromatic N) is 1. The van der Waals surface area contributed by atoms with E-state index in [-0.39, 0.29) is 17.7 Å². The van der Waals surface area contributed by atoms with Gasteiger partial charge in [-0.05, 0) is 18.8 Å². The molecule has 5 heteroatoms. The highest BCUT2D eigenvalue weighted by molar-refractivity contribution is 6.27. The average molecular weight is 233 g/mol. The Bertz CT molecular complexity index is 238. The van der Waals surface area contributed by atoms with Crippen molar-refractivity contribution in [2.75, 3.05) is 25.5 Å². The highest BCUT2D eigenvalue weighted by Crippen LogP contribution is 2.16. The van der Waals surface area contributed by atoms with E-state index in [0.717, 1.165) is 32.5 Å². The fourth-order valence-electron chi connectivity index (χ4n) is 1.76. The van der Waals surface area contributed by atoms with Crippen molar-refractivity contribution in [2.24, 2.45) is 5.92 Å². The summed E-state index contributed by atoms with van der Waals surface area (Å²) in [6.07, 6.45) is 1.89. The van der Waals surface area contributed by atoms with Gasteiger partial charge < -0.3 is 10.2 Å². The lowest BCUT2D eigenvalue weighted by Gasteiger charge is -2.31. The van der Waals surface area contributed by atoms with E-state index in [0.29, 0.717) is 5.92 Å². The Morgan fingerprint density at radius 1 is 1.40 bits per heavy atom. The summed E-state index contributed by atoms with van der Waals surface area (Å²) in [6.45, 7) is 3.76. The molecule has 0 bridgehead atoms. The van der Waals surface area contributed by atoms with Crippen molar-refractivity contribution in [3.05, 3.63) is 0 Å². The average Bonchev–Trinajstić information content (AvgIpc) is 2.26. The predicted octanol–water partition coefficient (Wildman–Crippen LogP) is 0.600. The summed E-state index contributed by atoms with van der Waals surface area (Å²) >= 11 is 5.48. The second kappa shape index (κ2) is 5.95. The molecule has 0 aromatic rings. The van der Waals surface area contributed by atoms with Crippen molar-refractivity contribution in [3.8, 4) is 0 Å². The molecule has 1 aliphatic rings. The van der Waals surface area contributed by atoms with Crippen LogP contribution in [0.5, 0.6) is 0 Å². The molecule has 86 valence electrons. The molecule has 0 spiro atoms. The van der Waals surface area contributed by atoms with E-state index in [1.54, 1.807) is 4.90 Å². The molecule has 1 N–H and O–H groups in total. The van der Waals surface area contributed by atoms with Crippen molar-refractivity contribution in [2.45, 2.75) is 19.8 Å².